The van der Waals surface area contributed by atoms with Crippen molar-refractivity contribution in [1.82, 2.24) is 0 Å². The summed E-state index contributed by atoms with van der Waals surface area (Å²) in [5.74, 6) is 0. The van der Waals surface area contributed by atoms with Crippen molar-refractivity contribution in [3.8, 4) is 0 Å². The fourth-order valence-electron chi connectivity index (χ4n) is 0.949. The lowest BCUT2D eigenvalue weighted by atomic mass is 10.5. The van der Waals surface area contributed by atoms with Gasteiger partial charge in [-0.2, -0.15) is 0 Å². The Balaban J connectivity index is 3.39. The van der Waals surface area contributed by atoms with E-state index in [-0.39, 0.29) is 6.61 Å². The van der Waals surface area contributed by atoms with Crippen molar-refractivity contribution in [2.24, 2.45) is 0 Å². The Morgan fingerprint density at radius 2 is 1.77 bits per heavy atom. The molecule has 0 aliphatic rings. The molecule has 0 saturated carbocycles. The van der Waals surface area contributed by atoms with Gasteiger partial charge in [-0.05, 0) is 19.0 Å². The molecule has 0 aromatic carbocycles. The molecular weight excluding hydrogens is 188 g/mol. The number of rotatable bonds is 8. The molecule has 0 atom stereocenters. The minimum absolute atomic E-state index is 0.0866. The highest BCUT2D eigenvalue weighted by Crippen LogP contribution is 2.13. The zero-order valence-electron chi connectivity index (χ0n) is 8.71. The maximum atomic E-state index is 8.45. The Labute approximate surface area is 81.1 Å². The van der Waals surface area contributed by atoms with Gasteiger partial charge in [-0.3, -0.25) is 0 Å². The van der Waals surface area contributed by atoms with Gasteiger partial charge in [0.05, 0.1) is 13.2 Å². The number of aliphatic hydroxyl groups is 1. The molecule has 4 nitrogen and oxygen atoms in total. The van der Waals surface area contributed by atoms with Crippen LogP contribution in [-0.4, -0.2) is 47.7 Å². The van der Waals surface area contributed by atoms with Crippen LogP contribution >= 0.6 is 0 Å². The number of aliphatic hydroxyl groups excluding tert-OH is 1. The predicted octanol–water partition coefficient (Wildman–Crippen LogP) is 0.750. The molecule has 0 rings (SSSR count). The molecule has 0 aromatic rings. The third kappa shape index (κ3) is 6.17. The second-order valence-electron chi connectivity index (χ2n) is 2.98. The van der Waals surface area contributed by atoms with E-state index in [2.05, 4.69) is 0 Å². The lowest BCUT2D eigenvalue weighted by Crippen LogP contribution is -2.36. The van der Waals surface area contributed by atoms with Crippen LogP contribution in [-0.2, 0) is 13.6 Å². The molecule has 0 aliphatic heterocycles. The maximum Gasteiger partial charge on any atom is 0.334 e. The number of hydrogen-bond acceptors (Lipinski definition) is 4. The number of hydrogen-bond donors (Lipinski definition) is 1. The van der Waals surface area contributed by atoms with E-state index in [1.165, 1.54) is 0 Å². The molecule has 0 unspecified atom stereocenters. The van der Waals surface area contributed by atoms with Crippen molar-refractivity contribution in [2.45, 2.75) is 19.0 Å². The summed E-state index contributed by atoms with van der Waals surface area (Å²) in [6.45, 7) is 3.19. The summed E-state index contributed by atoms with van der Waals surface area (Å²) >= 11 is 0. The van der Waals surface area contributed by atoms with E-state index < -0.39 is 8.56 Å². The quantitative estimate of drug-likeness (QED) is 0.472. The maximum absolute atomic E-state index is 8.45. The van der Waals surface area contributed by atoms with Crippen LogP contribution < -0.4 is 0 Å². The summed E-state index contributed by atoms with van der Waals surface area (Å²) in [6, 6.07) is 0.922. The molecule has 0 saturated heterocycles. The molecule has 0 radical (unpaired) electrons. The van der Waals surface area contributed by atoms with Crippen molar-refractivity contribution >= 4 is 8.56 Å². The molecule has 1 N–H and O–H groups in total. The smallest absolute Gasteiger partial charge is 0.334 e. The lowest BCUT2D eigenvalue weighted by molar-refractivity contribution is 0.0912. The Bertz CT molecular complexity index is 117. The Morgan fingerprint density at radius 3 is 2.23 bits per heavy atom. The fraction of sp³-hybridized carbons (Fsp3) is 1.00. The minimum Gasteiger partial charge on any atom is -0.398 e. The lowest BCUT2D eigenvalue weighted by Gasteiger charge is -2.22. The van der Waals surface area contributed by atoms with E-state index in [1.807, 2.05) is 6.55 Å². The Hall–Kier alpha value is 0.0569. The predicted molar refractivity (Wildman–Crippen MR) is 53.0 cm³/mol. The zero-order chi connectivity index (χ0) is 10.2. The van der Waals surface area contributed by atoms with Crippen molar-refractivity contribution < 1.29 is 18.7 Å². The van der Waals surface area contributed by atoms with E-state index in [0.717, 1.165) is 12.5 Å². The van der Waals surface area contributed by atoms with Gasteiger partial charge in [0.15, 0.2) is 0 Å². The average molecular weight is 208 g/mol. The second kappa shape index (κ2) is 7.46. The van der Waals surface area contributed by atoms with Gasteiger partial charge in [0.1, 0.15) is 0 Å². The van der Waals surface area contributed by atoms with Gasteiger partial charge in [-0.1, -0.05) is 0 Å². The first-order valence-electron chi connectivity index (χ1n) is 4.47. The van der Waals surface area contributed by atoms with E-state index in [4.69, 9.17) is 18.7 Å². The fourth-order valence-corrected chi connectivity index (χ4v) is 2.31. The van der Waals surface area contributed by atoms with Crippen LogP contribution in [0.2, 0.25) is 12.6 Å². The first kappa shape index (κ1) is 13.1. The molecule has 0 heterocycles. The molecule has 0 aliphatic carbocycles. The third-order valence-electron chi connectivity index (χ3n) is 2.02. The van der Waals surface area contributed by atoms with Crippen molar-refractivity contribution in [2.75, 3.05) is 34.0 Å². The summed E-state index contributed by atoms with van der Waals surface area (Å²) < 4.78 is 15.7. The molecule has 0 aromatic heterocycles. The number of ether oxygens (including phenoxy) is 1. The molecule has 0 bridgehead atoms. The molecule has 0 fully saturated rings. The Kier molecular flexibility index (Phi) is 7.49. The van der Waals surface area contributed by atoms with Crippen LogP contribution in [0.3, 0.4) is 0 Å². The second-order valence-corrected chi connectivity index (χ2v) is 6.57. The molecular formula is C8H20O4Si. The topological polar surface area (TPSA) is 47.9 Å². The van der Waals surface area contributed by atoms with Crippen LogP contribution in [0, 0.1) is 0 Å². The van der Waals surface area contributed by atoms with Crippen LogP contribution in [0.25, 0.3) is 0 Å². The summed E-state index contributed by atoms with van der Waals surface area (Å²) in [7, 11) is 1.47. The highest BCUT2D eigenvalue weighted by molar-refractivity contribution is 6.65. The average Bonchev–Trinajstić information content (AvgIpc) is 2.17. The van der Waals surface area contributed by atoms with Gasteiger partial charge in [0.2, 0.25) is 0 Å². The Morgan fingerprint density at radius 1 is 1.15 bits per heavy atom. The van der Waals surface area contributed by atoms with Crippen molar-refractivity contribution in [3.05, 3.63) is 0 Å². The standard InChI is InChI=1S/C8H20O4Si/c1-10-13(3,11-2)8-4-6-12-7-5-9/h9H,4-8H2,1-3H3. The van der Waals surface area contributed by atoms with E-state index in [1.54, 1.807) is 14.2 Å². The van der Waals surface area contributed by atoms with Gasteiger partial charge >= 0.3 is 8.56 Å². The summed E-state index contributed by atoms with van der Waals surface area (Å²) in [5, 5.41) is 8.45. The third-order valence-corrected chi connectivity index (χ3v) is 5.01. The largest absolute Gasteiger partial charge is 0.398 e. The van der Waals surface area contributed by atoms with Gasteiger partial charge in [0, 0.05) is 20.8 Å². The molecule has 80 valence electrons. The summed E-state index contributed by atoms with van der Waals surface area (Å²) in [6.07, 6.45) is 0.921. The van der Waals surface area contributed by atoms with E-state index in [9.17, 15) is 0 Å². The normalized spacial score (nSPS) is 12.0. The van der Waals surface area contributed by atoms with Crippen molar-refractivity contribution in [1.29, 1.82) is 0 Å². The van der Waals surface area contributed by atoms with Crippen LogP contribution in [0.1, 0.15) is 6.42 Å². The minimum atomic E-state index is -1.90. The van der Waals surface area contributed by atoms with Gasteiger partial charge < -0.3 is 18.7 Å². The SMILES string of the molecule is CO[Si](C)(CCCOCCO)OC. The van der Waals surface area contributed by atoms with Crippen LogP contribution in [0.5, 0.6) is 0 Å². The summed E-state index contributed by atoms with van der Waals surface area (Å²) in [4.78, 5) is 0. The van der Waals surface area contributed by atoms with E-state index >= 15 is 0 Å². The van der Waals surface area contributed by atoms with Crippen LogP contribution in [0.15, 0.2) is 0 Å². The monoisotopic (exact) mass is 208 g/mol. The molecule has 0 spiro atoms. The van der Waals surface area contributed by atoms with Gasteiger partial charge in [-0.15, -0.1) is 0 Å². The van der Waals surface area contributed by atoms with Crippen molar-refractivity contribution in [3.63, 3.8) is 0 Å². The van der Waals surface area contributed by atoms with E-state index in [0.29, 0.717) is 13.2 Å². The molecule has 5 heteroatoms. The zero-order valence-corrected chi connectivity index (χ0v) is 9.71. The highest BCUT2D eigenvalue weighted by atomic mass is 28.4. The first-order chi connectivity index (χ1) is 6.18. The van der Waals surface area contributed by atoms with Gasteiger partial charge in [-0.25, -0.2) is 0 Å². The van der Waals surface area contributed by atoms with Crippen LogP contribution in [0.4, 0.5) is 0 Å². The highest BCUT2D eigenvalue weighted by Gasteiger charge is 2.27. The molecule has 0 amide bonds. The first-order valence-corrected chi connectivity index (χ1v) is 7.00. The summed E-state index contributed by atoms with van der Waals surface area (Å²) in [5.41, 5.74) is 0. The molecule has 13 heavy (non-hydrogen) atoms. The van der Waals surface area contributed by atoms with Gasteiger partial charge in [0.25, 0.3) is 0 Å².